The molecule has 3 nitrogen and oxygen atoms in total. The monoisotopic (exact) mass is 383 g/mol. The van der Waals surface area contributed by atoms with Crippen molar-refractivity contribution >= 4 is 62.1 Å². The number of halogens is 4. The molecule has 0 bridgehead atoms. The summed E-state index contributed by atoms with van der Waals surface area (Å²) in [6, 6.07) is 8.84. The quantitative estimate of drug-likeness (QED) is 0.737. The van der Waals surface area contributed by atoms with Crippen LogP contribution in [0.4, 0.5) is 5.69 Å². The van der Waals surface area contributed by atoms with E-state index in [1.54, 1.807) is 12.1 Å². The maximum Gasteiger partial charge on any atom is 0.261 e. The Hall–Kier alpha value is -0.650. The van der Waals surface area contributed by atoms with Crippen molar-refractivity contribution in [1.82, 2.24) is 0 Å². The highest BCUT2D eigenvalue weighted by molar-refractivity contribution is 7.92. The highest BCUT2D eigenvalue weighted by Gasteiger charge is 2.17. The molecule has 0 aromatic heterocycles. The van der Waals surface area contributed by atoms with Gasteiger partial charge in [-0.3, -0.25) is 4.72 Å². The first-order valence-electron chi connectivity index (χ1n) is 5.66. The zero-order valence-electron chi connectivity index (χ0n) is 10.4. The van der Waals surface area contributed by atoms with Crippen molar-refractivity contribution < 1.29 is 8.42 Å². The average molecular weight is 385 g/mol. The number of anilines is 1. The van der Waals surface area contributed by atoms with E-state index in [4.69, 9.17) is 46.4 Å². The van der Waals surface area contributed by atoms with E-state index in [2.05, 4.69) is 4.72 Å². The summed E-state index contributed by atoms with van der Waals surface area (Å²) in [7, 11) is -3.81. The number of hydrogen-bond acceptors (Lipinski definition) is 2. The molecule has 0 fully saturated rings. The largest absolute Gasteiger partial charge is 0.279 e. The molecule has 0 aliphatic carbocycles. The Morgan fingerprint density at radius 3 is 2.29 bits per heavy atom. The van der Waals surface area contributed by atoms with Crippen LogP contribution in [0.25, 0.3) is 0 Å². The van der Waals surface area contributed by atoms with Crippen LogP contribution in [-0.2, 0) is 15.9 Å². The van der Waals surface area contributed by atoms with E-state index in [1.165, 1.54) is 24.3 Å². The molecule has 8 heteroatoms. The molecule has 0 amide bonds. The van der Waals surface area contributed by atoms with Crippen LogP contribution in [0.3, 0.4) is 0 Å². The van der Waals surface area contributed by atoms with E-state index >= 15 is 0 Å². The normalized spacial score (nSPS) is 11.4. The molecule has 2 rings (SSSR count). The summed E-state index contributed by atoms with van der Waals surface area (Å²) in [6.45, 7) is 0. The number of hydrogen-bond donors (Lipinski definition) is 1. The molecule has 21 heavy (non-hydrogen) atoms. The van der Waals surface area contributed by atoms with Crippen molar-refractivity contribution in [3.05, 3.63) is 57.0 Å². The summed E-state index contributed by atoms with van der Waals surface area (Å²) in [5.41, 5.74) is 0.938. The molecule has 2 aromatic rings. The minimum atomic E-state index is -3.81. The summed E-state index contributed by atoms with van der Waals surface area (Å²) in [6.07, 6.45) is 0. The van der Waals surface area contributed by atoms with Gasteiger partial charge in [-0.15, -0.1) is 11.6 Å². The summed E-state index contributed by atoms with van der Waals surface area (Å²) >= 11 is 23.3. The number of benzene rings is 2. The second kappa shape index (κ2) is 6.63. The van der Waals surface area contributed by atoms with Crippen LogP contribution in [-0.4, -0.2) is 8.42 Å². The van der Waals surface area contributed by atoms with Gasteiger partial charge in [0.15, 0.2) is 0 Å². The summed E-state index contributed by atoms with van der Waals surface area (Å²) in [4.78, 5) is -0.00241. The molecule has 0 saturated carbocycles. The molecule has 0 unspecified atom stereocenters. The van der Waals surface area contributed by atoms with Crippen LogP contribution in [0.5, 0.6) is 0 Å². The minimum Gasteiger partial charge on any atom is -0.279 e. The van der Waals surface area contributed by atoms with Crippen molar-refractivity contribution in [2.45, 2.75) is 10.8 Å². The molecular formula is C13H9Cl4NO2S. The topological polar surface area (TPSA) is 46.2 Å². The maximum atomic E-state index is 12.3. The van der Waals surface area contributed by atoms with Gasteiger partial charge < -0.3 is 0 Å². The van der Waals surface area contributed by atoms with Crippen LogP contribution in [0.1, 0.15) is 5.56 Å². The molecule has 0 aliphatic rings. The Morgan fingerprint density at radius 1 is 0.952 bits per heavy atom. The third kappa shape index (κ3) is 3.96. The fraction of sp³-hybridized carbons (Fsp3) is 0.0769. The Bertz CT molecular complexity index is 778. The summed E-state index contributed by atoms with van der Waals surface area (Å²) in [5.74, 6) is 0.149. The molecule has 2 aromatic carbocycles. The van der Waals surface area contributed by atoms with Crippen LogP contribution >= 0.6 is 46.4 Å². The molecule has 0 spiro atoms. The van der Waals surface area contributed by atoms with Crippen LogP contribution in [0.15, 0.2) is 41.3 Å². The zero-order chi connectivity index (χ0) is 15.6. The molecule has 0 radical (unpaired) electrons. The second-order valence-corrected chi connectivity index (χ2v) is 7.32. The third-order valence-electron chi connectivity index (χ3n) is 2.66. The van der Waals surface area contributed by atoms with Crippen LogP contribution < -0.4 is 4.72 Å². The highest BCUT2D eigenvalue weighted by atomic mass is 35.5. The Balaban J connectivity index is 2.41. The van der Waals surface area contributed by atoms with Gasteiger partial charge >= 0.3 is 0 Å². The van der Waals surface area contributed by atoms with Gasteiger partial charge in [0.05, 0.1) is 20.6 Å². The standard InChI is InChI=1S/C13H9Cl4NO2S/c14-7-8-1-2-9(15)5-13(8)18-21(19,20)10-3-4-11(16)12(17)6-10/h1-6,18H,7H2. The number of alkyl halides is 1. The van der Waals surface area contributed by atoms with Gasteiger partial charge in [0.1, 0.15) is 0 Å². The van der Waals surface area contributed by atoms with Crippen molar-refractivity contribution in [3.63, 3.8) is 0 Å². The Morgan fingerprint density at radius 2 is 1.67 bits per heavy atom. The van der Waals surface area contributed by atoms with E-state index in [1.807, 2.05) is 0 Å². The fourth-order valence-corrected chi connectivity index (χ4v) is 3.49. The molecule has 112 valence electrons. The Labute approximate surface area is 142 Å². The lowest BCUT2D eigenvalue weighted by Crippen LogP contribution is -2.14. The Kier molecular flexibility index (Phi) is 5.28. The van der Waals surface area contributed by atoms with Gasteiger partial charge in [-0.1, -0.05) is 40.9 Å². The first-order chi connectivity index (χ1) is 9.83. The van der Waals surface area contributed by atoms with Crippen molar-refractivity contribution in [2.75, 3.05) is 4.72 Å². The molecule has 0 heterocycles. The zero-order valence-corrected chi connectivity index (χ0v) is 14.2. The molecule has 0 atom stereocenters. The lowest BCUT2D eigenvalue weighted by atomic mass is 10.2. The first kappa shape index (κ1) is 16.7. The summed E-state index contributed by atoms with van der Waals surface area (Å²) < 4.78 is 27.1. The van der Waals surface area contributed by atoms with E-state index in [-0.39, 0.29) is 20.8 Å². The van der Waals surface area contributed by atoms with E-state index in [9.17, 15) is 8.42 Å². The number of rotatable bonds is 4. The molecule has 1 N–H and O–H groups in total. The predicted molar refractivity (Wildman–Crippen MR) is 88.3 cm³/mol. The average Bonchev–Trinajstić information content (AvgIpc) is 2.41. The number of nitrogens with one attached hydrogen (secondary N) is 1. The maximum absolute atomic E-state index is 12.3. The molecular weight excluding hydrogens is 376 g/mol. The SMILES string of the molecule is O=S(=O)(Nc1cc(Cl)ccc1CCl)c1ccc(Cl)c(Cl)c1. The van der Waals surface area contributed by atoms with Gasteiger partial charge in [-0.05, 0) is 35.9 Å². The van der Waals surface area contributed by atoms with Crippen molar-refractivity contribution in [2.24, 2.45) is 0 Å². The van der Waals surface area contributed by atoms with Crippen LogP contribution in [0.2, 0.25) is 15.1 Å². The summed E-state index contributed by atoms with van der Waals surface area (Å²) in [5, 5.41) is 0.832. The van der Waals surface area contributed by atoms with Crippen molar-refractivity contribution in [3.8, 4) is 0 Å². The number of sulfonamides is 1. The first-order valence-corrected chi connectivity index (χ1v) is 8.81. The smallest absolute Gasteiger partial charge is 0.261 e. The minimum absolute atomic E-state index is 0.00241. The van der Waals surface area contributed by atoms with Gasteiger partial charge in [-0.25, -0.2) is 8.42 Å². The second-order valence-electron chi connectivity index (χ2n) is 4.12. The highest BCUT2D eigenvalue weighted by Crippen LogP contribution is 2.28. The van der Waals surface area contributed by atoms with E-state index < -0.39 is 10.0 Å². The molecule has 0 aliphatic heterocycles. The lowest BCUT2D eigenvalue weighted by molar-refractivity contribution is 0.601. The van der Waals surface area contributed by atoms with Crippen molar-refractivity contribution in [1.29, 1.82) is 0 Å². The van der Waals surface area contributed by atoms with Gasteiger partial charge in [0.25, 0.3) is 10.0 Å². The van der Waals surface area contributed by atoms with Gasteiger partial charge in [0.2, 0.25) is 0 Å². The third-order valence-corrected chi connectivity index (χ3v) is 5.29. The fourth-order valence-electron chi connectivity index (χ4n) is 1.61. The van der Waals surface area contributed by atoms with E-state index in [0.29, 0.717) is 16.3 Å². The molecule has 0 saturated heterocycles. The predicted octanol–water partition coefficient (Wildman–Crippen LogP) is 5.19. The van der Waals surface area contributed by atoms with Gasteiger partial charge in [-0.2, -0.15) is 0 Å². The van der Waals surface area contributed by atoms with Crippen LogP contribution in [0, 0.1) is 0 Å². The lowest BCUT2D eigenvalue weighted by Gasteiger charge is -2.12. The van der Waals surface area contributed by atoms with Gasteiger partial charge in [0, 0.05) is 10.9 Å². The van der Waals surface area contributed by atoms with E-state index in [0.717, 1.165) is 0 Å².